The number of carbonyl (C=O) groups excluding carboxylic acids is 1. The van der Waals surface area contributed by atoms with Crippen LogP contribution in [0.15, 0.2) is 34.5 Å². The normalized spacial score (nSPS) is 11.2. The Morgan fingerprint density at radius 2 is 1.19 bits per heavy atom. The lowest BCUT2D eigenvalue weighted by atomic mass is 10.2. The standard InChI is InChI=1S/C15H10Cl4N4O3/c16-9-1-7(13(24)11(18)3-9)5-20-22-15(26)23-21-6-8-2-10(17)4-12(19)14(8)25/h1-6,24-25H,(H2,22,23,26). The molecule has 0 saturated carbocycles. The van der Waals surface area contributed by atoms with Crippen molar-refractivity contribution in [2.24, 2.45) is 10.2 Å². The summed E-state index contributed by atoms with van der Waals surface area (Å²) in [5.41, 5.74) is 4.65. The van der Waals surface area contributed by atoms with Gasteiger partial charge in [0, 0.05) is 21.2 Å². The molecule has 2 rings (SSSR count). The Morgan fingerprint density at radius 3 is 1.58 bits per heavy atom. The van der Waals surface area contributed by atoms with Crippen molar-refractivity contribution in [2.75, 3.05) is 0 Å². The van der Waals surface area contributed by atoms with Crippen LogP contribution in [0.5, 0.6) is 11.5 Å². The quantitative estimate of drug-likeness (QED) is 0.422. The Hall–Kier alpha value is -2.19. The summed E-state index contributed by atoms with van der Waals surface area (Å²) in [6, 6.07) is 4.77. The predicted octanol–water partition coefficient (Wildman–Crippen LogP) is 4.38. The van der Waals surface area contributed by atoms with E-state index in [1.165, 1.54) is 24.3 Å². The topological polar surface area (TPSA) is 106 Å². The Kier molecular flexibility index (Phi) is 6.93. The molecule has 0 atom stereocenters. The summed E-state index contributed by atoms with van der Waals surface area (Å²) >= 11 is 23.2. The maximum absolute atomic E-state index is 11.6. The van der Waals surface area contributed by atoms with Gasteiger partial charge in [0.15, 0.2) is 0 Å². The minimum atomic E-state index is -0.780. The van der Waals surface area contributed by atoms with Crippen LogP contribution in [-0.2, 0) is 0 Å². The molecule has 0 radical (unpaired) electrons. The van der Waals surface area contributed by atoms with E-state index in [9.17, 15) is 15.0 Å². The number of hydrazone groups is 2. The van der Waals surface area contributed by atoms with E-state index < -0.39 is 6.03 Å². The summed E-state index contributed by atoms with van der Waals surface area (Å²) < 4.78 is 0. The van der Waals surface area contributed by atoms with Gasteiger partial charge in [-0.3, -0.25) is 0 Å². The van der Waals surface area contributed by atoms with Crippen molar-refractivity contribution < 1.29 is 15.0 Å². The molecule has 136 valence electrons. The van der Waals surface area contributed by atoms with Crippen LogP contribution < -0.4 is 10.9 Å². The smallest absolute Gasteiger partial charge is 0.355 e. The summed E-state index contributed by atoms with van der Waals surface area (Å²) in [6.45, 7) is 0. The fourth-order valence-corrected chi connectivity index (χ4v) is 2.73. The first-order chi connectivity index (χ1) is 12.3. The first-order valence-corrected chi connectivity index (χ1v) is 8.27. The molecule has 0 heterocycles. The highest BCUT2D eigenvalue weighted by molar-refractivity contribution is 6.36. The first-order valence-electron chi connectivity index (χ1n) is 6.76. The highest BCUT2D eigenvalue weighted by Gasteiger charge is 2.07. The van der Waals surface area contributed by atoms with Gasteiger partial charge in [-0.2, -0.15) is 10.2 Å². The molecule has 0 saturated heterocycles. The van der Waals surface area contributed by atoms with Gasteiger partial charge in [0.25, 0.3) is 0 Å². The minimum Gasteiger partial charge on any atom is -0.506 e. The fraction of sp³-hybridized carbons (Fsp3) is 0. The number of phenolic OH excluding ortho intramolecular Hbond substituents is 2. The molecule has 26 heavy (non-hydrogen) atoms. The number of urea groups is 1. The Balaban J connectivity index is 1.96. The number of nitrogens with zero attached hydrogens (tertiary/aromatic N) is 2. The Morgan fingerprint density at radius 1 is 0.808 bits per heavy atom. The van der Waals surface area contributed by atoms with Gasteiger partial charge in [-0.25, -0.2) is 15.6 Å². The number of hydrogen-bond donors (Lipinski definition) is 4. The largest absolute Gasteiger partial charge is 0.506 e. The molecule has 0 aliphatic rings. The first kappa shape index (κ1) is 20.1. The molecule has 2 aromatic rings. The third-order valence-corrected chi connectivity index (χ3v) is 3.87. The van der Waals surface area contributed by atoms with Crippen LogP contribution in [0.2, 0.25) is 20.1 Å². The highest BCUT2D eigenvalue weighted by atomic mass is 35.5. The average Bonchev–Trinajstić information content (AvgIpc) is 2.56. The summed E-state index contributed by atoms with van der Waals surface area (Å²) in [7, 11) is 0. The number of benzene rings is 2. The van der Waals surface area contributed by atoms with Crippen molar-refractivity contribution in [3.8, 4) is 11.5 Å². The van der Waals surface area contributed by atoms with E-state index in [4.69, 9.17) is 46.4 Å². The predicted molar refractivity (Wildman–Crippen MR) is 103 cm³/mol. The van der Waals surface area contributed by atoms with E-state index in [1.807, 2.05) is 0 Å². The highest BCUT2D eigenvalue weighted by Crippen LogP contribution is 2.30. The van der Waals surface area contributed by atoms with Gasteiger partial charge in [0.2, 0.25) is 0 Å². The minimum absolute atomic E-state index is 0.0491. The zero-order chi connectivity index (χ0) is 19.3. The molecule has 2 amide bonds. The lowest BCUT2D eigenvalue weighted by Crippen LogP contribution is -2.28. The maximum Gasteiger partial charge on any atom is 0.355 e. The van der Waals surface area contributed by atoms with Crippen LogP contribution in [-0.4, -0.2) is 28.7 Å². The van der Waals surface area contributed by atoms with Crippen molar-refractivity contribution in [1.29, 1.82) is 0 Å². The number of aromatic hydroxyl groups is 2. The molecular weight excluding hydrogens is 426 g/mol. The lowest BCUT2D eigenvalue weighted by Gasteiger charge is -2.03. The second-order valence-corrected chi connectivity index (χ2v) is 6.41. The Bertz CT molecular complexity index is 831. The zero-order valence-electron chi connectivity index (χ0n) is 12.7. The fourth-order valence-electron chi connectivity index (χ4n) is 1.71. The molecule has 0 aliphatic heterocycles. The number of carbonyl (C=O) groups is 1. The third kappa shape index (κ3) is 5.40. The van der Waals surface area contributed by atoms with Crippen molar-refractivity contribution in [2.45, 2.75) is 0 Å². The van der Waals surface area contributed by atoms with Crippen LogP contribution in [0.25, 0.3) is 0 Å². The van der Waals surface area contributed by atoms with Gasteiger partial charge in [0.05, 0.1) is 22.5 Å². The van der Waals surface area contributed by atoms with E-state index in [0.717, 1.165) is 12.4 Å². The van der Waals surface area contributed by atoms with Crippen LogP contribution in [0.1, 0.15) is 11.1 Å². The molecule has 0 aromatic heterocycles. The van der Waals surface area contributed by atoms with Gasteiger partial charge in [-0.1, -0.05) is 46.4 Å². The Labute approximate surface area is 167 Å². The van der Waals surface area contributed by atoms with E-state index in [0.29, 0.717) is 10.0 Å². The number of hydrogen-bond acceptors (Lipinski definition) is 5. The van der Waals surface area contributed by atoms with Crippen LogP contribution in [0.4, 0.5) is 4.79 Å². The van der Waals surface area contributed by atoms with Gasteiger partial charge in [0.1, 0.15) is 11.5 Å². The van der Waals surface area contributed by atoms with Crippen molar-refractivity contribution >= 4 is 64.9 Å². The van der Waals surface area contributed by atoms with Crippen LogP contribution in [0, 0.1) is 0 Å². The molecular formula is C15H10Cl4N4O3. The third-order valence-electron chi connectivity index (χ3n) is 2.85. The molecule has 0 unspecified atom stereocenters. The van der Waals surface area contributed by atoms with E-state index >= 15 is 0 Å². The van der Waals surface area contributed by atoms with Crippen LogP contribution >= 0.6 is 46.4 Å². The number of halogens is 4. The number of rotatable bonds is 4. The average molecular weight is 436 g/mol. The second kappa shape index (κ2) is 8.95. The van der Waals surface area contributed by atoms with Gasteiger partial charge >= 0.3 is 6.03 Å². The van der Waals surface area contributed by atoms with Gasteiger partial charge < -0.3 is 10.2 Å². The molecule has 7 nitrogen and oxygen atoms in total. The molecule has 2 aromatic carbocycles. The van der Waals surface area contributed by atoms with Gasteiger partial charge in [-0.05, 0) is 24.3 Å². The molecule has 0 fully saturated rings. The summed E-state index contributed by atoms with van der Waals surface area (Å²) in [5.74, 6) is -0.457. The lowest BCUT2D eigenvalue weighted by molar-refractivity contribution is 0.242. The molecule has 4 N–H and O–H groups in total. The molecule has 0 spiro atoms. The van der Waals surface area contributed by atoms with Crippen molar-refractivity contribution in [1.82, 2.24) is 10.9 Å². The number of phenols is 2. The van der Waals surface area contributed by atoms with Gasteiger partial charge in [-0.15, -0.1) is 0 Å². The van der Waals surface area contributed by atoms with E-state index in [1.54, 1.807) is 0 Å². The van der Waals surface area contributed by atoms with E-state index in [-0.39, 0.29) is 32.7 Å². The molecule has 11 heteroatoms. The molecule has 0 aliphatic carbocycles. The molecule has 0 bridgehead atoms. The second-order valence-electron chi connectivity index (χ2n) is 4.72. The SMILES string of the molecule is O=C(NN=Cc1cc(Cl)cc(Cl)c1O)NN=Cc1cc(Cl)cc(Cl)c1O. The monoisotopic (exact) mass is 434 g/mol. The number of amides is 2. The number of nitrogens with one attached hydrogen (secondary N) is 2. The summed E-state index contributed by atoms with van der Waals surface area (Å²) in [5, 5.41) is 27.4. The van der Waals surface area contributed by atoms with Crippen molar-refractivity contribution in [3.63, 3.8) is 0 Å². The van der Waals surface area contributed by atoms with Crippen LogP contribution in [0.3, 0.4) is 0 Å². The zero-order valence-corrected chi connectivity index (χ0v) is 15.7. The van der Waals surface area contributed by atoms with E-state index in [2.05, 4.69) is 21.1 Å². The maximum atomic E-state index is 11.6. The summed E-state index contributed by atoms with van der Waals surface area (Å²) in [6.07, 6.45) is 2.30. The summed E-state index contributed by atoms with van der Waals surface area (Å²) in [4.78, 5) is 11.6. The van der Waals surface area contributed by atoms with Crippen molar-refractivity contribution in [3.05, 3.63) is 55.5 Å².